The van der Waals surface area contributed by atoms with Crippen molar-refractivity contribution in [3.05, 3.63) is 120 Å². The minimum Gasteiger partial charge on any atom is -0.508 e. The van der Waals surface area contributed by atoms with Gasteiger partial charge in [-0.15, -0.1) is 0 Å². The number of amides is 17. The number of fused-ring (bicyclic) bond motifs is 4. The Morgan fingerprint density at radius 2 is 1.12 bits per heavy atom. The molecule has 3 aliphatic rings. The van der Waals surface area contributed by atoms with Gasteiger partial charge in [0, 0.05) is 119 Å². The molecule has 0 bridgehead atoms. The van der Waals surface area contributed by atoms with E-state index in [0.29, 0.717) is 76.3 Å². The summed E-state index contributed by atoms with van der Waals surface area (Å²) in [7, 11) is 3.86. The summed E-state index contributed by atoms with van der Waals surface area (Å²) in [5.74, 6) is -18.5. The largest absolute Gasteiger partial charge is 0.508 e. The van der Waals surface area contributed by atoms with Crippen LogP contribution in [0.2, 0.25) is 0 Å². The fourth-order valence-electron chi connectivity index (χ4n) is 17.4. The van der Waals surface area contributed by atoms with E-state index in [1.54, 1.807) is 82.4 Å². The molecule has 9 rings (SSSR count). The van der Waals surface area contributed by atoms with Gasteiger partial charge in [-0.1, -0.05) is 122 Å². The van der Waals surface area contributed by atoms with Crippen molar-refractivity contribution >= 4 is 128 Å². The van der Waals surface area contributed by atoms with E-state index < -0.39 is 256 Å². The third-order valence-corrected chi connectivity index (χ3v) is 24.9. The van der Waals surface area contributed by atoms with Crippen LogP contribution in [0.5, 0.6) is 5.75 Å². The molecule has 3 fully saturated rings. The Labute approximate surface area is 798 Å². The zero-order chi connectivity index (χ0) is 101. The van der Waals surface area contributed by atoms with Crippen LogP contribution < -0.4 is 70.0 Å². The van der Waals surface area contributed by atoms with Gasteiger partial charge in [0.2, 0.25) is 100 Å². The molecule has 44 heteroatoms. The summed E-state index contributed by atoms with van der Waals surface area (Å²) in [4.78, 5) is 279. The Kier molecular flexibility index (Phi) is 39.6. The predicted octanol–water partition coefficient (Wildman–Crippen LogP) is -2.34. The smallest absolute Gasteiger partial charge is 0.323 e. The normalized spacial score (nSPS) is 24.6. The number of rotatable bonds is 27. The number of carboxylic acid groups (broad SMARTS) is 1. The van der Waals surface area contributed by atoms with Crippen LogP contribution in [0.4, 0.5) is 0 Å². The van der Waals surface area contributed by atoms with E-state index >= 15 is 38.4 Å². The van der Waals surface area contributed by atoms with E-state index in [1.165, 1.54) is 75.6 Å². The molecular formula is C94H132N22O22. The number of aliphatic carboxylic acids is 1. The highest BCUT2D eigenvalue weighted by Crippen LogP contribution is 2.29. The maximum absolute atomic E-state index is 15.9. The third kappa shape index (κ3) is 29.6. The summed E-state index contributed by atoms with van der Waals surface area (Å²) in [5.41, 5.74) is 13.7. The first-order chi connectivity index (χ1) is 65.6. The van der Waals surface area contributed by atoms with Gasteiger partial charge < -0.3 is 129 Å². The van der Waals surface area contributed by atoms with E-state index in [-0.39, 0.29) is 81.9 Å². The lowest BCUT2D eigenvalue weighted by molar-refractivity contribution is -0.149. The molecule has 0 radical (unpaired) electrons. The standard InChI is InChI=1S/C94H132N22O22/c1-11-13-15-26-73-87(131)103-63(33-51(3)4)83(127)109-70(82(126)100-44-78(96)121)43-97-45-79(122)102-67(35-54-28-30-58(118)31-29-54)90(134)111(8)53(7)81(125)106-69(40-77(95)120)92(136)115-32-20-27-74(115)88(132)105-65(38-57-42-98-50-101-57)85(129)107-66(34-52(5)6)93(137)116-47-59(119)39-76(116)89(133)104-64(36-55-41-99-62-23-18-16-21-60(55)62)84(128)110-71(49-117)86(130)108-68(91(135)113(10)75(24-14-12-2)94(138)112(73)9)37-56-46-114(48-80(123)124)72-25-19-17-22-61(56)72/h16-19,21-23,25,28-31,41-42,46,50-53,59,63-71,73-76,97,99,117-119H,11-15,20,24,26-27,32-40,43-45,47-49H2,1-10H3,(H2,95,120)(H2,96,121)(H,98,101)(H,100,126)(H,102,122)(H,103,131)(H,104,133)(H,105,132)(H,106,125)(H,107,129)(H,108,130)(H,109,127)(H,110,128)(H,123,124)/t53-,59+,63-,64-,65-,66-,67-,68-,69?,70-,71-,73-,74-,75-,76-/m0/s1. The second-order valence-electron chi connectivity index (χ2n) is 36.4. The van der Waals surface area contributed by atoms with Crippen LogP contribution in [0.15, 0.2) is 97.7 Å². The molecule has 17 amide bonds. The number of aromatic nitrogens is 4. The number of benzene rings is 3. The number of aromatic amines is 2. The van der Waals surface area contributed by atoms with E-state index in [4.69, 9.17) is 11.5 Å². The molecule has 3 aromatic carbocycles. The van der Waals surface area contributed by atoms with Gasteiger partial charge in [-0.05, 0) is 98.2 Å². The monoisotopic (exact) mass is 1920 g/mol. The molecule has 1 unspecified atom stereocenters. The van der Waals surface area contributed by atoms with Gasteiger partial charge in [0.25, 0.3) is 0 Å². The minimum atomic E-state index is -1.96. The van der Waals surface area contributed by atoms with Gasteiger partial charge in [-0.3, -0.25) is 86.3 Å². The Bertz CT molecular complexity index is 5330. The first kappa shape index (κ1) is 108. The number of unbranched alkanes of at least 4 members (excludes halogenated alkanes) is 3. The highest BCUT2D eigenvalue weighted by Gasteiger charge is 2.47. The molecule has 0 spiro atoms. The average molecular weight is 1920 g/mol. The molecular weight excluding hydrogens is 1790 g/mol. The lowest BCUT2D eigenvalue weighted by Crippen LogP contribution is -2.62. The number of likely N-dealkylation sites (N-methyl/N-ethyl adjacent to an activating group) is 3. The SMILES string of the molecule is CCCCC[C@H]1C(=O)N[C@@H](CC(C)C)C(=O)N[C@H](C(=O)NCC(N)=O)CNCC(=O)N[C@@H](Cc2ccc(O)cc2)C(=O)N(C)[C@@H](C)C(=O)NC(CC(N)=O)C(=O)N2CCC[C@H]2C(=O)N[C@@H](Cc2cnc[nH]2)C(=O)N[C@@H](CC(C)C)C(=O)N2C[C@H](O)C[C@H]2C(=O)N[C@@H](Cc2c[nH]c3ccccc23)C(=O)N[C@@H](CO)C(=O)N[C@@H](Cc2cn(CC(=O)O)c3ccccc23)C(=O)N(C)[C@@H](CCCC)C(=O)N1C. The van der Waals surface area contributed by atoms with Crippen molar-refractivity contribution in [3.8, 4) is 5.75 Å². The van der Waals surface area contributed by atoms with Crippen molar-refractivity contribution in [1.82, 2.24) is 103 Å². The number of nitrogens with one attached hydrogen (secondary N) is 13. The van der Waals surface area contributed by atoms with Crippen LogP contribution >= 0.6 is 0 Å². The number of aromatic hydroxyl groups is 1. The lowest BCUT2D eigenvalue weighted by atomic mass is 9.99. The molecule has 44 nitrogen and oxygen atoms in total. The summed E-state index contributed by atoms with van der Waals surface area (Å²) in [6.07, 6.45) is 3.92. The first-order valence-corrected chi connectivity index (χ1v) is 46.7. The van der Waals surface area contributed by atoms with E-state index in [0.717, 1.165) is 24.5 Å². The maximum atomic E-state index is 15.9. The van der Waals surface area contributed by atoms with Crippen LogP contribution in [0.1, 0.15) is 154 Å². The van der Waals surface area contributed by atoms with Crippen molar-refractivity contribution < 1.29 is 107 Å². The van der Waals surface area contributed by atoms with Gasteiger partial charge in [0.15, 0.2) is 0 Å². The number of hydrogen-bond donors (Lipinski definition) is 19. The fourth-order valence-corrected chi connectivity index (χ4v) is 17.4. The molecule has 3 saturated heterocycles. The number of para-hydroxylation sites is 2. The third-order valence-electron chi connectivity index (χ3n) is 24.9. The molecule has 3 aliphatic heterocycles. The predicted molar refractivity (Wildman–Crippen MR) is 502 cm³/mol. The summed E-state index contributed by atoms with van der Waals surface area (Å²) < 4.78 is 1.41. The Morgan fingerprint density at radius 3 is 1.76 bits per heavy atom. The van der Waals surface area contributed by atoms with Gasteiger partial charge in [-0.25, -0.2) is 4.98 Å². The van der Waals surface area contributed by atoms with E-state index in [1.807, 2.05) is 13.8 Å². The summed E-state index contributed by atoms with van der Waals surface area (Å²) >= 11 is 0. The number of carbonyl (C=O) groups excluding carboxylic acids is 17. The molecule has 15 atom stereocenters. The van der Waals surface area contributed by atoms with Gasteiger partial charge in [0.1, 0.15) is 96.9 Å². The molecule has 21 N–H and O–H groups in total. The molecule has 3 aromatic heterocycles. The Balaban J connectivity index is 1.12. The van der Waals surface area contributed by atoms with E-state index in [9.17, 15) is 68.4 Å². The van der Waals surface area contributed by atoms with Gasteiger partial charge in [0.05, 0.1) is 38.5 Å². The summed E-state index contributed by atoms with van der Waals surface area (Å²) in [6, 6.07) is -3.13. The number of imidazole rings is 1. The number of phenolic OH excluding ortho intramolecular Hbond substituents is 1. The highest BCUT2D eigenvalue weighted by atomic mass is 16.4. The maximum Gasteiger partial charge on any atom is 0.323 e. The van der Waals surface area contributed by atoms with Crippen LogP contribution in [-0.4, -0.2) is 322 Å². The number of aliphatic hydroxyl groups excluding tert-OH is 2. The van der Waals surface area contributed by atoms with Gasteiger partial charge >= 0.3 is 5.97 Å². The highest BCUT2D eigenvalue weighted by molar-refractivity contribution is 6.03. The van der Waals surface area contributed by atoms with Crippen molar-refractivity contribution in [2.75, 3.05) is 60.5 Å². The van der Waals surface area contributed by atoms with Crippen molar-refractivity contribution in [1.29, 1.82) is 0 Å². The molecule has 6 heterocycles. The fraction of sp³-hybridized carbons (Fsp3) is 0.543. The minimum absolute atomic E-state index is 0.00802. The van der Waals surface area contributed by atoms with E-state index in [2.05, 4.69) is 73.4 Å². The number of hydrogen-bond acceptors (Lipinski definition) is 23. The Morgan fingerprint density at radius 1 is 0.551 bits per heavy atom. The van der Waals surface area contributed by atoms with Gasteiger partial charge in [-0.2, -0.15) is 0 Å². The topological polar surface area (TPSA) is 638 Å². The molecule has 138 heavy (non-hydrogen) atoms. The number of nitrogens with zero attached hydrogens (tertiary/aromatic N) is 7. The number of aliphatic hydroxyl groups is 2. The molecule has 750 valence electrons. The van der Waals surface area contributed by atoms with Crippen molar-refractivity contribution in [2.24, 2.45) is 23.3 Å². The van der Waals surface area contributed by atoms with Crippen LogP contribution in [0.3, 0.4) is 0 Å². The first-order valence-electron chi connectivity index (χ1n) is 46.7. The zero-order valence-electron chi connectivity index (χ0n) is 79.4. The van der Waals surface area contributed by atoms with Crippen LogP contribution in [0, 0.1) is 11.8 Å². The molecule has 0 saturated carbocycles. The molecule has 0 aliphatic carbocycles. The number of H-pyrrole nitrogens is 2. The van der Waals surface area contributed by atoms with Crippen molar-refractivity contribution in [3.63, 3.8) is 0 Å². The number of phenols is 1. The zero-order valence-corrected chi connectivity index (χ0v) is 79.4. The molecule has 6 aromatic rings. The van der Waals surface area contributed by atoms with Crippen molar-refractivity contribution in [2.45, 2.75) is 255 Å². The number of carboxylic acids is 1. The number of nitrogens with two attached hydrogens (primary N) is 2. The van der Waals surface area contributed by atoms with Crippen LogP contribution in [0.25, 0.3) is 21.8 Å². The Hall–Kier alpha value is -13.9. The summed E-state index contributed by atoms with van der Waals surface area (Å²) in [6.45, 7) is 7.62. The number of primary amides is 2. The quantitative estimate of drug-likeness (QED) is 0.0240. The number of carbonyl (C=O) groups is 18. The summed E-state index contributed by atoms with van der Waals surface area (Å²) in [5, 5.41) is 73.4. The van der Waals surface area contributed by atoms with Crippen LogP contribution in [-0.2, 0) is 119 Å². The lowest BCUT2D eigenvalue weighted by Gasteiger charge is -2.36. The average Bonchev–Trinajstić information content (AvgIpc) is 1.61. The second-order valence-corrected chi connectivity index (χ2v) is 36.4. The second kappa shape index (κ2) is 50.8.